The number of piperidine rings is 1. The summed E-state index contributed by atoms with van der Waals surface area (Å²) in [7, 11) is 0. The van der Waals surface area contributed by atoms with Crippen molar-refractivity contribution in [2.75, 3.05) is 13.1 Å². The van der Waals surface area contributed by atoms with Crippen LogP contribution in [-0.4, -0.2) is 41.0 Å². The van der Waals surface area contributed by atoms with Gasteiger partial charge in [-0.3, -0.25) is 4.79 Å². The van der Waals surface area contributed by atoms with Gasteiger partial charge in [0.25, 0.3) is 0 Å². The molecule has 17 heavy (non-hydrogen) atoms. The zero-order valence-electron chi connectivity index (χ0n) is 10.4. The first-order chi connectivity index (χ1) is 8.07. The Kier molecular flexibility index (Phi) is 5.41. The lowest BCUT2D eigenvalue weighted by molar-refractivity contribution is -0.154. The normalized spacial score (nSPS) is 24.7. The number of unbranched alkanes of at least 4 members (excludes halogenated alkanes) is 1. The summed E-state index contributed by atoms with van der Waals surface area (Å²) in [4.78, 5) is 24.7. The standard InChI is InChI=1S/C12H22N2O3/c1-9-5-4-8-14(11(9)12(16)17)10(15)6-2-3-7-13/h9,11H,2-8,13H2,1H3,(H,16,17). The van der Waals surface area contributed by atoms with Gasteiger partial charge in [0.1, 0.15) is 6.04 Å². The van der Waals surface area contributed by atoms with Crippen molar-refractivity contribution in [3.05, 3.63) is 0 Å². The van der Waals surface area contributed by atoms with Gasteiger partial charge < -0.3 is 15.7 Å². The Balaban J connectivity index is 2.59. The Morgan fingerprint density at radius 3 is 2.71 bits per heavy atom. The molecule has 1 heterocycles. The molecule has 0 saturated carbocycles. The van der Waals surface area contributed by atoms with Crippen LogP contribution >= 0.6 is 0 Å². The van der Waals surface area contributed by atoms with Crippen LogP contribution in [0.15, 0.2) is 0 Å². The van der Waals surface area contributed by atoms with Crippen LogP contribution in [0.2, 0.25) is 0 Å². The van der Waals surface area contributed by atoms with E-state index in [0.29, 0.717) is 19.5 Å². The van der Waals surface area contributed by atoms with Crippen LogP contribution in [0.25, 0.3) is 0 Å². The number of rotatable bonds is 5. The van der Waals surface area contributed by atoms with Crippen molar-refractivity contribution in [3.8, 4) is 0 Å². The summed E-state index contributed by atoms with van der Waals surface area (Å²) >= 11 is 0. The van der Waals surface area contributed by atoms with E-state index >= 15 is 0 Å². The molecule has 0 aromatic rings. The van der Waals surface area contributed by atoms with Crippen molar-refractivity contribution in [1.82, 2.24) is 4.90 Å². The molecule has 0 aromatic heterocycles. The van der Waals surface area contributed by atoms with Gasteiger partial charge in [-0.25, -0.2) is 4.79 Å². The van der Waals surface area contributed by atoms with Crippen LogP contribution in [0.5, 0.6) is 0 Å². The number of carbonyl (C=O) groups is 2. The Labute approximate surface area is 102 Å². The van der Waals surface area contributed by atoms with Crippen LogP contribution < -0.4 is 5.73 Å². The first kappa shape index (κ1) is 14.0. The maximum absolute atomic E-state index is 12.0. The molecule has 1 rings (SSSR count). The van der Waals surface area contributed by atoms with Crippen molar-refractivity contribution in [2.24, 2.45) is 11.7 Å². The molecule has 0 radical (unpaired) electrons. The second kappa shape index (κ2) is 6.59. The van der Waals surface area contributed by atoms with E-state index in [9.17, 15) is 14.7 Å². The fourth-order valence-corrected chi connectivity index (χ4v) is 2.41. The molecule has 0 aromatic carbocycles. The molecule has 1 fully saturated rings. The molecule has 0 aliphatic carbocycles. The van der Waals surface area contributed by atoms with Gasteiger partial charge in [0.05, 0.1) is 0 Å². The molecule has 2 unspecified atom stereocenters. The lowest BCUT2D eigenvalue weighted by Gasteiger charge is -2.37. The number of likely N-dealkylation sites (tertiary alicyclic amines) is 1. The van der Waals surface area contributed by atoms with E-state index in [0.717, 1.165) is 25.7 Å². The Bertz CT molecular complexity index is 281. The van der Waals surface area contributed by atoms with Gasteiger partial charge in [-0.1, -0.05) is 6.92 Å². The molecule has 98 valence electrons. The molecule has 3 N–H and O–H groups in total. The predicted molar refractivity (Wildman–Crippen MR) is 64.4 cm³/mol. The molecular formula is C12H22N2O3. The smallest absolute Gasteiger partial charge is 0.326 e. The van der Waals surface area contributed by atoms with Crippen molar-refractivity contribution in [3.63, 3.8) is 0 Å². The van der Waals surface area contributed by atoms with Gasteiger partial charge in [0, 0.05) is 13.0 Å². The fraction of sp³-hybridized carbons (Fsp3) is 0.833. The lowest BCUT2D eigenvalue weighted by atomic mass is 9.90. The van der Waals surface area contributed by atoms with E-state index in [1.54, 1.807) is 0 Å². The van der Waals surface area contributed by atoms with Crippen LogP contribution in [0.1, 0.15) is 39.0 Å². The van der Waals surface area contributed by atoms with E-state index in [-0.39, 0.29) is 11.8 Å². The number of hydrogen-bond acceptors (Lipinski definition) is 3. The third-order valence-electron chi connectivity index (χ3n) is 3.35. The van der Waals surface area contributed by atoms with Crippen LogP contribution in [0.3, 0.4) is 0 Å². The van der Waals surface area contributed by atoms with E-state index in [4.69, 9.17) is 5.73 Å². The first-order valence-corrected chi connectivity index (χ1v) is 6.30. The van der Waals surface area contributed by atoms with Gasteiger partial charge in [0.15, 0.2) is 0 Å². The quantitative estimate of drug-likeness (QED) is 0.699. The van der Waals surface area contributed by atoms with E-state index in [1.165, 1.54) is 4.90 Å². The van der Waals surface area contributed by atoms with Gasteiger partial charge in [-0.05, 0) is 38.1 Å². The number of hydrogen-bond donors (Lipinski definition) is 2. The van der Waals surface area contributed by atoms with Crippen molar-refractivity contribution in [2.45, 2.75) is 45.1 Å². The topological polar surface area (TPSA) is 83.6 Å². The molecule has 0 bridgehead atoms. The molecule has 1 aliphatic heterocycles. The van der Waals surface area contributed by atoms with E-state index in [2.05, 4.69) is 0 Å². The van der Waals surface area contributed by atoms with Crippen molar-refractivity contribution >= 4 is 11.9 Å². The number of nitrogens with two attached hydrogens (primary N) is 1. The largest absolute Gasteiger partial charge is 0.480 e. The Hall–Kier alpha value is -1.10. The minimum absolute atomic E-state index is 0.0414. The van der Waals surface area contributed by atoms with Crippen LogP contribution in [0.4, 0.5) is 0 Å². The molecule has 2 atom stereocenters. The molecule has 1 aliphatic rings. The summed E-state index contributed by atoms with van der Waals surface area (Å²) in [6, 6.07) is -0.644. The first-order valence-electron chi connectivity index (χ1n) is 6.30. The van der Waals surface area contributed by atoms with Gasteiger partial charge in [-0.2, -0.15) is 0 Å². The average Bonchev–Trinajstić information content (AvgIpc) is 2.28. The van der Waals surface area contributed by atoms with Gasteiger partial charge in [-0.15, -0.1) is 0 Å². The van der Waals surface area contributed by atoms with Crippen LogP contribution in [-0.2, 0) is 9.59 Å². The molecule has 5 heteroatoms. The summed E-state index contributed by atoms with van der Waals surface area (Å²) in [6.07, 6.45) is 3.74. The molecule has 5 nitrogen and oxygen atoms in total. The number of amides is 1. The molecule has 1 amide bonds. The number of aliphatic carboxylic acids is 1. The second-order valence-corrected chi connectivity index (χ2v) is 4.74. The van der Waals surface area contributed by atoms with Crippen molar-refractivity contribution in [1.29, 1.82) is 0 Å². The lowest BCUT2D eigenvalue weighted by Crippen LogP contribution is -2.51. The maximum Gasteiger partial charge on any atom is 0.326 e. The second-order valence-electron chi connectivity index (χ2n) is 4.74. The van der Waals surface area contributed by atoms with E-state index < -0.39 is 12.0 Å². The highest BCUT2D eigenvalue weighted by Crippen LogP contribution is 2.24. The van der Waals surface area contributed by atoms with E-state index in [1.807, 2.05) is 6.92 Å². The van der Waals surface area contributed by atoms with Gasteiger partial charge in [0.2, 0.25) is 5.91 Å². The number of nitrogens with zero attached hydrogens (tertiary/aromatic N) is 1. The zero-order chi connectivity index (χ0) is 12.8. The summed E-state index contributed by atoms with van der Waals surface area (Å²) in [5.74, 6) is -0.888. The highest BCUT2D eigenvalue weighted by Gasteiger charge is 2.36. The minimum Gasteiger partial charge on any atom is -0.480 e. The SMILES string of the molecule is CC1CCCN(C(=O)CCCCN)C1C(=O)O. The molecule has 1 saturated heterocycles. The summed E-state index contributed by atoms with van der Waals surface area (Å²) in [5, 5.41) is 9.19. The third kappa shape index (κ3) is 3.70. The summed E-state index contributed by atoms with van der Waals surface area (Å²) < 4.78 is 0. The van der Waals surface area contributed by atoms with Crippen molar-refractivity contribution < 1.29 is 14.7 Å². The predicted octanol–water partition coefficient (Wildman–Crippen LogP) is 0.827. The fourth-order valence-electron chi connectivity index (χ4n) is 2.41. The summed E-state index contributed by atoms with van der Waals surface area (Å²) in [5.41, 5.74) is 5.37. The molecular weight excluding hydrogens is 220 g/mol. The Morgan fingerprint density at radius 1 is 1.41 bits per heavy atom. The Morgan fingerprint density at radius 2 is 2.12 bits per heavy atom. The zero-order valence-corrected chi connectivity index (χ0v) is 10.4. The number of carbonyl (C=O) groups excluding carboxylic acids is 1. The number of carboxylic acid groups (broad SMARTS) is 1. The summed E-state index contributed by atoms with van der Waals surface area (Å²) in [6.45, 7) is 3.05. The third-order valence-corrected chi connectivity index (χ3v) is 3.35. The average molecular weight is 242 g/mol. The maximum atomic E-state index is 12.0. The highest BCUT2D eigenvalue weighted by atomic mass is 16.4. The molecule has 0 spiro atoms. The number of carboxylic acids is 1. The minimum atomic E-state index is -0.885. The highest BCUT2D eigenvalue weighted by molar-refractivity contribution is 5.84. The van der Waals surface area contributed by atoms with Crippen LogP contribution in [0, 0.1) is 5.92 Å². The van der Waals surface area contributed by atoms with Gasteiger partial charge >= 0.3 is 5.97 Å². The monoisotopic (exact) mass is 242 g/mol.